The third-order valence-corrected chi connectivity index (χ3v) is 5.34. The second-order valence-corrected chi connectivity index (χ2v) is 7.05. The maximum absolute atomic E-state index is 12.5. The molecule has 2 saturated heterocycles. The third kappa shape index (κ3) is 5.19. The second-order valence-electron chi connectivity index (χ2n) is 7.05. The summed E-state index contributed by atoms with van der Waals surface area (Å²) in [6, 6.07) is 8.43. The van der Waals surface area contributed by atoms with E-state index in [1.807, 2.05) is 29.2 Å². The van der Waals surface area contributed by atoms with Gasteiger partial charge >= 0.3 is 0 Å². The number of hydrogen-bond donors (Lipinski definition) is 0. The molecule has 0 radical (unpaired) electrons. The average molecular weight is 346 g/mol. The SMILES string of the molecule is COc1cccc(COCC(=O)N2CCC[C@@H](N3CCCC3)CC2)c1. The summed E-state index contributed by atoms with van der Waals surface area (Å²) in [5, 5.41) is 0. The molecule has 138 valence electrons. The molecule has 0 aliphatic carbocycles. The highest BCUT2D eigenvalue weighted by Crippen LogP contribution is 2.21. The molecule has 3 rings (SSSR count). The number of likely N-dealkylation sites (tertiary alicyclic amines) is 2. The van der Waals surface area contributed by atoms with Crippen molar-refractivity contribution in [2.24, 2.45) is 0 Å². The minimum atomic E-state index is 0.116. The largest absolute Gasteiger partial charge is 0.497 e. The normalized spacial score (nSPS) is 22.0. The van der Waals surface area contributed by atoms with Crippen LogP contribution in [0.25, 0.3) is 0 Å². The first kappa shape index (κ1) is 18.2. The van der Waals surface area contributed by atoms with E-state index < -0.39 is 0 Å². The first-order chi connectivity index (χ1) is 12.3. The Kier molecular flexibility index (Phi) is 6.70. The smallest absolute Gasteiger partial charge is 0.248 e. The van der Waals surface area contributed by atoms with Crippen molar-refractivity contribution >= 4 is 5.91 Å². The van der Waals surface area contributed by atoms with Crippen LogP contribution in [0.3, 0.4) is 0 Å². The Hall–Kier alpha value is -1.59. The van der Waals surface area contributed by atoms with Gasteiger partial charge < -0.3 is 19.3 Å². The Bertz CT molecular complexity index is 558. The van der Waals surface area contributed by atoms with Gasteiger partial charge in [0.2, 0.25) is 5.91 Å². The predicted octanol–water partition coefficient (Wildman–Crippen LogP) is 2.69. The highest BCUT2D eigenvalue weighted by molar-refractivity contribution is 5.77. The van der Waals surface area contributed by atoms with E-state index in [1.54, 1.807) is 7.11 Å². The lowest BCUT2D eigenvalue weighted by Crippen LogP contribution is -2.37. The zero-order chi connectivity index (χ0) is 17.5. The molecule has 1 atom stereocenters. The van der Waals surface area contributed by atoms with Crippen molar-refractivity contribution in [2.45, 2.75) is 44.8 Å². The number of benzene rings is 1. The summed E-state index contributed by atoms with van der Waals surface area (Å²) in [6.45, 7) is 4.80. The summed E-state index contributed by atoms with van der Waals surface area (Å²) in [5.41, 5.74) is 1.03. The van der Waals surface area contributed by atoms with E-state index in [0.29, 0.717) is 12.6 Å². The van der Waals surface area contributed by atoms with Gasteiger partial charge in [-0.15, -0.1) is 0 Å². The topological polar surface area (TPSA) is 42.0 Å². The monoisotopic (exact) mass is 346 g/mol. The molecule has 5 nitrogen and oxygen atoms in total. The fraction of sp³-hybridized carbons (Fsp3) is 0.650. The van der Waals surface area contributed by atoms with E-state index in [9.17, 15) is 4.79 Å². The van der Waals surface area contributed by atoms with Crippen molar-refractivity contribution in [3.63, 3.8) is 0 Å². The zero-order valence-electron chi connectivity index (χ0n) is 15.3. The molecule has 0 aromatic heterocycles. The molecule has 5 heteroatoms. The number of carbonyl (C=O) groups excluding carboxylic acids is 1. The van der Waals surface area contributed by atoms with Gasteiger partial charge in [-0.25, -0.2) is 0 Å². The van der Waals surface area contributed by atoms with E-state index >= 15 is 0 Å². The molecular formula is C20H30N2O3. The standard InChI is InChI=1S/C20H30N2O3/c1-24-19-8-4-6-17(14-19)15-25-16-20(23)22-12-5-7-18(9-13-22)21-10-2-3-11-21/h4,6,8,14,18H,2-3,5,7,9-13,15-16H2,1H3/t18-/m1/s1. The van der Waals surface area contributed by atoms with Gasteiger partial charge in [0.15, 0.2) is 0 Å². The number of rotatable bonds is 6. The van der Waals surface area contributed by atoms with E-state index in [2.05, 4.69) is 4.90 Å². The lowest BCUT2D eigenvalue weighted by Gasteiger charge is -2.26. The van der Waals surface area contributed by atoms with Crippen LogP contribution >= 0.6 is 0 Å². The van der Waals surface area contributed by atoms with Gasteiger partial charge in [-0.1, -0.05) is 12.1 Å². The summed E-state index contributed by atoms with van der Waals surface area (Å²) in [6.07, 6.45) is 6.08. The predicted molar refractivity (Wildman–Crippen MR) is 97.7 cm³/mol. The third-order valence-electron chi connectivity index (χ3n) is 5.34. The van der Waals surface area contributed by atoms with Gasteiger partial charge in [-0.2, -0.15) is 0 Å². The molecular weight excluding hydrogens is 316 g/mol. The van der Waals surface area contributed by atoms with Crippen LogP contribution in [-0.2, 0) is 16.1 Å². The van der Waals surface area contributed by atoms with Crippen molar-refractivity contribution in [3.8, 4) is 5.75 Å². The summed E-state index contributed by atoms with van der Waals surface area (Å²) >= 11 is 0. The van der Waals surface area contributed by atoms with Crippen LogP contribution in [0.2, 0.25) is 0 Å². The molecule has 0 spiro atoms. The van der Waals surface area contributed by atoms with E-state index in [4.69, 9.17) is 9.47 Å². The Morgan fingerprint density at radius 2 is 1.96 bits per heavy atom. The Labute approximate surface area is 150 Å². The van der Waals surface area contributed by atoms with Crippen LogP contribution in [0.5, 0.6) is 5.75 Å². The van der Waals surface area contributed by atoms with Crippen molar-refractivity contribution in [1.29, 1.82) is 0 Å². The van der Waals surface area contributed by atoms with Gasteiger partial charge in [-0.05, 0) is 62.9 Å². The molecule has 0 bridgehead atoms. The highest BCUT2D eigenvalue weighted by Gasteiger charge is 2.26. The van der Waals surface area contributed by atoms with Gasteiger partial charge in [0.05, 0.1) is 13.7 Å². The van der Waals surface area contributed by atoms with Crippen molar-refractivity contribution in [3.05, 3.63) is 29.8 Å². The molecule has 0 unspecified atom stereocenters. The lowest BCUT2D eigenvalue weighted by molar-refractivity contribution is -0.136. The molecule has 0 saturated carbocycles. The fourth-order valence-electron chi connectivity index (χ4n) is 3.91. The molecule has 25 heavy (non-hydrogen) atoms. The number of methoxy groups -OCH3 is 1. The molecule has 2 aliphatic rings. The van der Waals surface area contributed by atoms with Gasteiger partial charge in [0.1, 0.15) is 12.4 Å². The van der Waals surface area contributed by atoms with Gasteiger partial charge in [0.25, 0.3) is 0 Å². The van der Waals surface area contributed by atoms with Crippen LogP contribution in [0.1, 0.15) is 37.7 Å². The fourth-order valence-corrected chi connectivity index (χ4v) is 3.91. The van der Waals surface area contributed by atoms with Gasteiger partial charge in [-0.3, -0.25) is 4.79 Å². The number of nitrogens with zero attached hydrogens (tertiary/aromatic N) is 2. The summed E-state index contributed by atoms with van der Waals surface area (Å²) in [7, 11) is 1.65. The molecule has 2 fully saturated rings. The van der Waals surface area contributed by atoms with Crippen molar-refractivity contribution in [2.75, 3.05) is 39.9 Å². The molecule has 1 aromatic carbocycles. The first-order valence-electron chi connectivity index (χ1n) is 9.49. The minimum Gasteiger partial charge on any atom is -0.497 e. The quantitative estimate of drug-likeness (QED) is 0.794. The van der Waals surface area contributed by atoms with Crippen molar-refractivity contribution < 1.29 is 14.3 Å². The van der Waals surface area contributed by atoms with Crippen LogP contribution in [0.15, 0.2) is 24.3 Å². The lowest BCUT2D eigenvalue weighted by atomic mass is 10.1. The minimum absolute atomic E-state index is 0.116. The number of amides is 1. The average Bonchev–Trinajstić information content (AvgIpc) is 3.06. The van der Waals surface area contributed by atoms with Crippen molar-refractivity contribution in [1.82, 2.24) is 9.80 Å². The van der Waals surface area contributed by atoms with Crippen LogP contribution in [0.4, 0.5) is 0 Å². The van der Waals surface area contributed by atoms with Crippen LogP contribution in [-0.4, -0.2) is 61.6 Å². The molecule has 0 N–H and O–H groups in total. The van der Waals surface area contributed by atoms with E-state index in [1.165, 1.54) is 32.4 Å². The summed E-state index contributed by atoms with van der Waals surface area (Å²) in [5.74, 6) is 0.929. The summed E-state index contributed by atoms with van der Waals surface area (Å²) < 4.78 is 10.9. The Balaban J connectivity index is 1.41. The molecule has 2 aliphatic heterocycles. The van der Waals surface area contributed by atoms with Crippen LogP contribution in [0, 0.1) is 0 Å². The maximum Gasteiger partial charge on any atom is 0.248 e. The van der Waals surface area contributed by atoms with Crippen LogP contribution < -0.4 is 4.74 Å². The number of ether oxygens (including phenoxy) is 2. The zero-order valence-corrected chi connectivity index (χ0v) is 15.3. The number of hydrogen-bond acceptors (Lipinski definition) is 4. The van der Waals surface area contributed by atoms with E-state index in [0.717, 1.165) is 37.2 Å². The summed E-state index contributed by atoms with van der Waals surface area (Å²) in [4.78, 5) is 17.1. The number of carbonyl (C=O) groups is 1. The second kappa shape index (κ2) is 9.20. The maximum atomic E-state index is 12.5. The molecule has 2 heterocycles. The van der Waals surface area contributed by atoms with Gasteiger partial charge in [0, 0.05) is 19.1 Å². The Morgan fingerprint density at radius 3 is 2.76 bits per heavy atom. The van der Waals surface area contributed by atoms with E-state index in [-0.39, 0.29) is 12.5 Å². The molecule has 1 amide bonds. The molecule has 1 aromatic rings. The highest BCUT2D eigenvalue weighted by atomic mass is 16.5. The Morgan fingerprint density at radius 1 is 1.12 bits per heavy atom. The first-order valence-corrected chi connectivity index (χ1v) is 9.49.